The fraction of sp³-hybridized carbons (Fsp3) is 0.714. The first-order valence-corrected chi connectivity index (χ1v) is 7.36. The van der Waals surface area contributed by atoms with Crippen LogP contribution in [0.5, 0.6) is 0 Å². The molecule has 1 atom stereocenters. The standard InChI is InChI=1S/C14H24N4O2/c15-13(11-4-2-1-3-5-11)14(20)18(8-9-19)10-12-16-6-7-17-12/h6-7,11,13,19H,1-5,8-10,15H2,(H,16,17)/t13-/m0/s1. The number of carbonyl (C=O) groups is 1. The molecule has 1 fully saturated rings. The van der Waals surface area contributed by atoms with Crippen LogP contribution in [0, 0.1) is 5.92 Å². The third-order valence-corrected chi connectivity index (χ3v) is 4.02. The van der Waals surface area contributed by atoms with Crippen LogP contribution in [0.2, 0.25) is 0 Å². The number of aliphatic hydroxyl groups is 1. The summed E-state index contributed by atoms with van der Waals surface area (Å²) < 4.78 is 0. The minimum atomic E-state index is -0.461. The maximum absolute atomic E-state index is 12.5. The number of amides is 1. The highest BCUT2D eigenvalue weighted by atomic mass is 16.3. The first kappa shape index (κ1) is 15.0. The minimum Gasteiger partial charge on any atom is -0.395 e. The third kappa shape index (κ3) is 3.80. The van der Waals surface area contributed by atoms with Crippen molar-refractivity contribution in [2.75, 3.05) is 13.2 Å². The van der Waals surface area contributed by atoms with Gasteiger partial charge in [0.15, 0.2) is 0 Å². The van der Waals surface area contributed by atoms with Crippen LogP contribution in [-0.4, -0.2) is 45.1 Å². The van der Waals surface area contributed by atoms with Gasteiger partial charge in [-0.05, 0) is 18.8 Å². The van der Waals surface area contributed by atoms with Gasteiger partial charge in [-0.15, -0.1) is 0 Å². The fourth-order valence-corrected chi connectivity index (χ4v) is 2.86. The molecule has 0 radical (unpaired) electrons. The van der Waals surface area contributed by atoms with Crippen LogP contribution < -0.4 is 5.73 Å². The van der Waals surface area contributed by atoms with Gasteiger partial charge in [0.2, 0.25) is 5.91 Å². The molecule has 0 bridgehead atoms. The number of H-pyrrole nitrogens is 1. The summed E-state index contributed by atoms with van der Waals surface area (Å²) in [6.45, 7) is 0.594. The Labute approximate surface area is 119 Å². The molecule has 112 valence electrons. The van der Waals surface area contributed by atoms with Crippen molar-refractivity contribution in [3.8, 4) is 0 Å². The normalized spacial score (nSPS) is 17.9. The summed E-state index contributed by atoms with van der Waals surface area (Å²) in [5.41, 5.74) is 6.15. The van der Waals surface area contributed by atoms with Crippen LogP contribution in [0.4, 0.5) is 0 Å². The lowest BCUT2D eigenvalue weighted by molar-refractivity contribution is -0.135. The highest BCUT2D eigenvalue weighted by molar-refractivity contribution is 5.82. The molecule has 20 heavy (non-hydrogen) atoms. The number of hydrogen-bond donors (Lipinski definition) is 3. The molecular weight excluding hydrogens is 256 g/mol. The van der Waals surface area contributed by atoms with E-state index < -0.39 is 6.04 Å². The Balaban J connectivity index is 1.97. The van der Waals surface area contributed by atoms with Crippen LogP contribution >= 0.6 is 0 Å². The van der Waals surface area contributed by atoms with Gasteiger partial charge in [-0.2, -0.15) is 0 Å². The molecule has 1 aromatic rings. The summed E-state index contributed by atoms with van der Waals surface area (Å²) in [5.74, 6) is 0.902. The Morgan fingerprint density at radius 1 is 1.50 bits per heavy atom. The highest BCUT2D eigenvalue weighted by Crippen LogP contribution is 2.26. The highest BCUT2D eigenvalue weighted by Gasteiger charge is 2.29. The second-order valence-electron chi connectivity index (χ2n) is 5.44. The molecule has 6 nitrogen and oxygen atoms in total. The van der Waals surface area contributed by atoms with Gasteiger partial charge in [-0.1, -0.05) is 19.3 Å². The lowest BCUT2D eigenvalue weighted by Crippen LogP contribution is -2.48. The predicted octanol–water partition coefficient (Wildman–Crippen LogP) is 0.638. The van der Waals surface area contributed by atoms with E-state index in [1.165, 1.54) is 6.42 Å². The molecule has 0 saturated heterocycles. The Bertz CT molecular complexity index is 401. The van der Waals surface area contributed by atoms with Crippen LogP contribution in [0.25, 0.3) is 0 Å². The fourth-order valence-electron chi connectivity index (χ4n) is 2.86. The Morgan fingerprint density at radius 3 is 2.85 bits per heavy atom. The van der Waals surface area contributed by atoms with Gasteiger partial charge in [0.25, 0.3) is 0 Å². The van der Waals surface area contributed by atoms with Crippen molar-refractivity contribution < 1.29 is 9.90 Å². The van der Waals surface area contributed by atoms with Gasteiger partial charge < -0.3 is 20.7 Å². The summed E-state index contributed by atoms with van der Waals surface area (Å²) in [7, 11) is 0. The van der Waals surface area contributed by atoms with Crippen molar-refractivity contribution in [2.45, 2.75) is 44.7 Å². The SMILES string of the molecule is N[C@H](C(=O)N(CCO)Cc1ncc[nH]1)C1CCCCC1. The van der Waals surface area contributed by atoms with Crippen molar-refractivity contribution in [1.82, 2.24) is 14.9 Å². The molecule has 0 aromatic carbocycles. The lowest BCUT2D eigenvalue weighted by Gasteiger charge is -2.31. The third-order valence-electron chi connectivity index (χ3n) is 4.02. The van der Waals surface area contributed by atoms with E-state index in [0.29, 0.717) is 18.9 Å². The van der Waals surface area contributed by atoms with Crippen LogP contribution in [-0.2, 0) is 11.3 Å². The summed E-state index contributed by atoms with van der Waals surface area (Å²) >= 11 is 0. The van der Waals surface area contributed by atoms with Crippen LogP contribution in [0.3, 0.4) is 0 Å². The zero-order chi connectivity index (χ0) is 14.4. The molecule has 0 unspecified atom stereocenters. The number of aromatic nitrogens is 2. The van der Waals surface area contributed by atoms with Crippen LogP contribution in [0.15, 0.2) is 12.4 Å². The van der Waals surface area contributed by atoms with Gasteiger partial charge >= 0.3 is 0 Å². The Morgan fingerprint density at radius 2 is 2.25 bits per heavy atom. The van der Waals surface area contributed by atoms with Crippen molar-refractivity contribution in [2.24, 2.45) is 11.7 Å². The quantitative estimate of drug-likeness (QED) is 0.712. The largest absolute Gasteiger partial charge is 0.395 e. The van der Waals surface area contributed by atoms with Gasteiger partial charge in [-0.3, -0.25) is 4.79 Å². The van der Waals surface area contributed by atoms with Gasteiger partial charge in [0.05, 0.1) is 19.2 Å². The van der Waals surface area contributed by atoms with Crippen molar-refractivity contribution in [3.63, 3.8) is 0 Å². The number of rotatable bonds is 6. The lowest BCUT2D eigenvalue weighted by atomic mass is 9.84. The van der Waals surface area contributed by atoms with Gasteiger partial charge in [0, 0.05) is 18.9 Å². The molecule has 1 heterocycles. The van der Waals surface area contributed by atoms with E-state index in [-0.39, 0.29) is 18.4 Å². The first-order chi connectivity index (χ1) is 9.72. The molecular formula is C14H24N4O2. The topological polar surface area (TPSA) is 95.2 Å². The molecule has 1 saturated carbocycles. The number of aromatic amines is 1. The maximum Gasteiger partial charge on any atom is 0.240 e. The number of nitrogens with zero attached hydrogens (tertiary/aromatic N) is 2. The summed E-state index contributed by atoms with van der Waals surface area (Å²) in [4.78, 5) is 21.2. The van der Waals surface area contributed by atoms with E-state index in [4.69, 9.17) is 10.8 Å². The molecule has 1 aromatic heterocycles. The average Bonchev–Trinajstić information content (AvgIpc) is 2.99. The number of nitrogens with one attached hydrogen (secondary N) is 1. The smallest absolute Gasteiger partial charge is 0.240 e. The Kier molecular flexibility index (Phi) is 5.55. The average molecular weight is 280 g/mol. The second kappa shape index (κ2) is 7.40. The number of carbonyl (C=O) groups excluding carboxylic acids is 1. The van der Waals surface area contributed by atoms with E-state index in [1.807, 2.05) is 0 Å². The van der Waals surface area contributed by atoms with Crippen molar-refractivity contribution in [1.29, 1.82) is 0 Å². The number of aliphatic hydroxyl groups excluding tert-OH is 1. The van der Waals surface area contributed by atoms with Crippen LogP contribution in [0.1, 0.15) is 37.9 Å². The van der Waals surface area contributed by atoms with E-state index in [9.17, 15) is 4.79 Å². The molecule has 1 amide bonds. The summed E-state index contributed by atoms with van der Waals surface area (Å²) in [6, 6.07) is -0.461. The van der Waals surface area contributed by atoms with E-state index >= 15 is 0 Å². The molecule has 2 rings (SSSR count). The van der Waals surface area contributed by atoms with E-state index in [0.717, 1.165) is 25.7 Å². The van der Waals surface area contributed by atoms with Gasteiger partial charge in [0.1, 0.15) is 5.82 Å². The molecule has 6 heteroatoms. The minimum absolute atomic E-state index is 0.0656. The number of hydrogen-bond acceptors (Lipinski definition) is 4. The van der Waals surface area contributed by atoms with E-state index in [2.05, 4.69) is 9.97 Å². The van der Waals surface area contributed by atoms with Crippen molar-refractivity contribution >= 4 is 5.91 Å². The molecule has 0 spiro atoms. The Hall–Kier alpha value is -1.40. The summed E-state index contributed by atoms with van der Waals surface area (Å²) in [6.07, 6.45) is 8.98. The van der Waals surface area contributed by atoms with E-state index in [1.54, 1.807) is 17.3 Å². The number of imidazole rings is 1. The molecule has 0 aliphatic heterocycles. The van der Waals surface area contributed by atoms with Crippen molar-refractivity contribution in [3.05, 3.63) is 18.2 Å². The second-order valence-corrected chi connectivity index (χ2v) is 5.44. The zero-order valence-corrected chi connectivity index (χ0v) is 11.8. The zero-order valence-electron chi connectivity index (χ0n) is 11.8. The predicted molar refractivity (Wildman–Crippen MR) is 75.6 cm³/mol. The summed E-state index contributed by atoms with van der Waals surface area (Å²) in [5, 5.41) is 9.14. The molecule has 1 aliphatic rings. The number of nitrogens with two attached hydrogens (primary N) is 1. The van der Waals surface area contributed by atoms with Gasteiger partial charge in [-0.25, -0.2) is 4.98 Å². The monoisotopic (exact) mass is 280 g/mol. The molecule has 4 N–H and O–H groups in total. The maximum atomic E-state index is 12.5. The molecule has 1 aliphatic carbocycles. The first-order valence-electron chi connectivity index (χ1n) is 7.36.